The van der Waals surface area contributed by atoms with Gasteiger partial charge in [-0.25, -0.2) is 0 Å². The van der Waals surface area contributed by atoms with Crippen LogP contribution in [0.2, 0.25) is 0 Å². The van der Waals surface area contributed by atoms with Crippen LogP contribution in [0.4, 0.5) is 0 Å². The van der Waals surface area contributed by atoms with Gasteiger partial charge < -0.3 is 4.90 Å². The van der Waals surface area contributed by atoms with Crippen molar-refractivity contribution < 1.29 is 0 Å². The highest BCUT2D eigenvalue weighted by Crippen LogP contribution is 2.20. The minimum absolute atomic E-state index is 0.853. The van der Waals surface area contributed by atoms with Crippen LogP contribution in [0.25, 0.3) is 0 Å². The Hall–Kier alpha value is -0.0400. The van der Waals surface area contributed by atoms with Crippen LogP contribution in [0.5, 0.6) is 0 Å². The lowest BCUT2D eigenvalue weighted by molar-refractivity contribution is 0.281. The second kappa shape index (κ2) is 7.37. The highest BCUT2D eigenvalue weighted by atomic mass is 15.1. The third kappa shape index (κ3) is 7.06. The Morgan fingerprint density at radius 2 is 1.77 bits per heavy atom. The molecule has 1 heteroatoms. The van der Waals surface area contributed by atoms with Crippen LogP contribution in [0.3, 0.4) is 0 Å². The molecule has 0 bridgehead atoms. The molecule has 0 spiro atoms. The topological polar surface area (TPSA) is 3.24 Å². The van der Waals surface area contributed by atoms with Gasteiger partial charge in [-0.1, -0.05) is 40.0 Å². The zero-order valence-corrected chi connectivity index (χ0v) is 10.1. The maximum absolute atomic E-state index is 2.37. The minimum Gasteiger partial charge on any atom is -0.309 e. The molecule has 0 saturated heterocycles. The van der Waals surface area contributed by atoms with Crippen LogP contribution in [-0.4, -0.2) is 25.5 Å². The van der Waals surface area contributed by atoms with E-state index in [0.717, 1.165) is 11.8 Å². The summed E-state index contributed by atoms with van der Waals surface area (Å²) in [5.41, 5.74) is 0. The molecule has 0 aliphatic carbocycles. The van der Waals surface area contributed by atoms with Crippen LogP contribution in [-0.2, 0) is 0 Å². The molecule has 80 valence electrons. The van der Waals surface area contributed by atoms with E-state index in [2.05, 4.69) is 39.8 Å². The summed E-state index contributed by atoms with van der Waals surface area (Å²) in [6.45, 7) is 8.22. The first-order chi connectivity index (χ1) is 6.10. The van der Waals surface area contributed by atoms with E-state index >= 15 is 0 Å². The van der Waals surface area contributed by atoms with Crippen molar-refractivity contribution >= 4 is 0 Å². The Balaban J connectivity index is 3.65. The molecule has 2 atom stereocenters. The summed E-state index contributed by atoms with van der Waals surface area (Å²) in [4.78, 5) is 2.29. The highest BCUT2D eigenvalue weighted by Gasteiger charge is 2.11. The zero-order valence-electron chi connectivity index (χ0n) is 10.1. The van der Waals surface area contributed by atoms with E-state index in [1.807, 2.05) is 0 Å². The predicted octanol–water partition coefficient (Wildman–Crippen LogP) is 3.40. The SMILES string of the molecule is CCCC(CC)CC(C)CN(C)C. The van der Waals surface area contributed by atoms with E-state index in [9.17, 15) is 0 Å². The van der Waals surface area contributed by atoms with Crippen molar-refractivity contribution in [3.8, 4) is 0 Å². The molecule has 0 aliphatic rings. The summed E-state index contributed by atoms with van der Waals surface area (Å²) in [5.74, 6) is 1.81. The second-order valence-electron chi connectivity index (χ2n) is 4.67. The first kappa shape index (κ1) is 13.0. The van der Waals surface area contributed by atoms with Crippen LogP contribution >= 0.6 is 0 Å². The number of hydrogen-bond donors (Lipinski definition) is 0. The van der Waals surface area contributed by atoms with Gasteiger partial charge in [-0.2, -0.15) is 0 Å². The minimum atomic E-state index is 0.853. The van der Waals surface area contributed by atoms with Crippen LogP contribution in [0.15, 0.2) is 0 Å². The van der Waals surface area contributed by atoms with Gasteiger partial charge in [0.15, 0.2) is 0 Å². The van der Waals surface area contributed by atoms with Gasteiger partial charge in [0.05, 0.1) is 0 Å². The lowest BCUT2D eigenvalue weighted by atomic mass is 9.90. The predicted molar refractivity (Wildman–Crippen MR) is 61.0 cm³/mol. The van der Waals surface area contributed by atoms with E-state index in [0.29, 0.717) is 0 Å². The van der Waals surface area contributed by atoms with Gasteiger partial charge in [0.1, 0.15) is 0 Å². The second-order valence-corrected chi connectivity index (χ2v) is 4.67. The molecule has 0 aromatic carbocycles. The van der Waals surface area contributed by atoms with Gasteiger partial charge in [-0.3, -0.25) is 0 Å². The Morgan fingerprint density at radius 1 is 1.15 bits per heavy atom. The van der Waals surface area contributed by atoms with E-state index in [4.69, 9.17) is 0 Å². The molecule has 0 rings (SSSR count). The van der Waals surface area contributed by atoms with Gasteiger partial charge in [0.25, 0.3) is 0 Å². The Labute approximate surface area is 84.5 Å². The molecule has 13 heavy (non-hydrogen) atoms. The van der Waals surface area contributed by atoms with Gasteiger partial charge in [-0.15, -0.1) is 0 Å². The van der Waals surface area contributed by atoms with Crippen molar-refractivity contribution in [2.24, 2.45) is 11.8 Å². The molecule has 0 heterocycles. The third-order valence-electron chi connectivity index (χ3n) is 2.69. The van der Waals surface area contributed by atoms with Crippen molar-refractivity contribution in [2.75, 3.05) is 20.6 Å². The molecule has 1 nitrogen and oxygen atoms in total. The van der Waals surface area contributed by atoms with E-state index in [-0.39, 0.29) is 0 Å². The number of nitrogens with zero attached hydrogens (tertiary/aromatic N) is 1. The monoisotopic (exact) mass is 185 g/mol. The fourth-order valence-electron chi connectivity index (χ4n) is 2.16. The Bertz CT molecular complexity index is 110. The molecule has 0 saturated carbocycles. The zero-order chi connectivity index (χ0) is 10.3. The fraction of sp³-hybridized carbons (Fsp3) is 1.00. The molecule has 0 amide bonds. The van der Waals surface area contributed by atoms with E-state index < -0.39 is 0 Å². The van der Waals surface area contributed by atoms with Crippen molar-refractivity contribution in [1.82, 2.24) is 4.90 Å². The van der Waals surface area contributed by atoms with Crippen molar-refractivity contribution in [1.29, 1.82) is 0 Å². The summed E-state index contributed by atoms with van der Waals surface area (Å²) in [6, 6.07) is 0. The Morgan fingerprint density at radius 3 is 2.15 bits per heavy atom. The molecule has 2 unspecified atom stereocenters. The van der Waals surface area contributed by atoms with E-state index in [1.54, 1.807) is 0 Å². The molecule has 0 N–H and O–H groups in total. The number of rotatable bonds is 7. The van der Waals surface area contributed by atoms with Gasteiger partial charge >= 0.3 is 0 Å². The molecular formula is C12H27N. The van der Waals surface area contributed by atoms with Gasteiger partial charge in [0, 0.05) is 6.54 Å². The maximum Gasteiger partial charge on any atom is 0.000102 e. The summed E-state index contributed by atoms with van der Waals surface area (Å²) in [7, 11) is 4.33. The maximum atomic E-state index is 2.37. The number of hydrogen-bond acceptors (Lipinski definition) is 1. The summed E-state index contributed by atoms with van der Waals surface area (Å²) in [5, 5.41) is 0. The van der Waals surface area contributed by atoms with Gasteiger partial charge in [-0.05, 0) is 32.4 Å². The van der Waals surface area contributed by atoms with Crippen molar-refractivity contribution in [2.45, 2.75) is 46.5 Å². The van der Waals surface area contributed by atoms with Crippen LogP contribution in [0.1, 0.15) is 46.5 Å². The van der Waals surface area contributed by atoms with E-state index in [1.165, 1.54) is 32.2 Å². The average Bonchev–Trinajstić information content (AvgIpc) is 2.02. The quantitative estimate of drug-likeness (QED) is 0.587. The summed E-state index contributed by atoms with van der Waals surface area (Å²) >= 11 is 0. The molecule has 0 fully saturated rings. The molecular weight excluding hydrogens is 158 g/mol. The molecule has 0 aliphatic heterocycles. The smallest absolute Gasteiger partial charge is 0.000102 e. The standard InChI is InChI=1S/C12H27N/c1-6-8-12(7-2)9-11(3)10-13(4)5/h11-12H,6-10H2,1-5H3. The normalized spacial score (nSPS) is 16.2. The van der Waals surface area contributed by atoms with Crippen molar-refractivity contribution in [3.05, 3.63) is 0 Å². The molecule has 0 aromatic heterocycles. The molecule has 0 aromatic rings. The van der Waals surface area contributed by atoms with Crippen molar-refractivity contribution in [3.63, 3.8) is 0 Å². The first-order valence-electron chi connectivity index (χ1n) is 5.74. The molecule has 0 radical (unpaired) electrons. The largest absolute Gasteiger partial charge is 0.309 e. The Kier molecular flexibility index (Phi) is 7.35. The lowest BCUT2D eigenvalue weighted by Crippen LogP contribution is -2.21. The average molecular weight is 185 g/mol. The van der Waals surface area contributed by atoms with Gasteiger partial charge in [0.2, 0.25) is 0 Å². The highest BCUT2D eigenvalue weighted by molar-refractivity contribution is 4.63. The summed E-state index contributed by atoms with van der Waals surface area (Å²) < 4.78 is 0. The lowest BCUT2D eigenvalue weighted by Gasteiger charge is -2.21. The fourth-order valence-corrected chi connectivity index (χ4v) is 2.16. The summed E-state index contributed by atoms with van der Waals surface area (Å²) in [6.07, 6.45) is 5.51. The van der Waals surface area contributed by atoms with Crippen LogP contribution < -0.4 is 0 Å². The first-order valence-corrected chi connectivity index (χ1v) is 5.74. The third-order valence-corrected chi connectivity index (χ3v) is 2.69. The van der Waals surface area contributed by atoms with Crippen LogP contribution in [0, 0.1) is 11.8 Å².